The molecule has 3 aromatic rings. The number of phenols is 1. The number of phenolic OH excluding ortho intramolecular Hbond substituents is 1. The zero-order valence-corrected chi connectivity index (χ0v) is 16.9. The quantitative estimate of drug-likeness (QED) is 0.662. The van der Waals surface area contributed by atoms with Gasteiger partial charge in [-0.05, 0) is 47.4 Å². The molecule has 1 aliphatic rings. The molecule has 30 heavy (non-hydrogen) atoms. The van der Waals surface area contributed by atoms with Crippen LogP contribution in [0.3, 0.4) is 0 Å². The number of fused-ring (bicyclic) bond motifs is 1. The van der Waals surface area contributed by atoms with Gasteiger partial charge in [-0.15, -0.1) is 0 Å². The Bertz CT molecular complexity index is 1020. The molecule has 0 spiro atoms. The van der Waals surface area contributed by atoms with E-state index in [1.807, 2.05) is 42.5 Å². The number of nitrogens with zero attached hydrogens (tertiary/aromatic N) is 2. The Hall–Kier alpha value is -3.38. The number of methoxy groups -OCH3 is 1. The number of amides is 1. The Morgan fingerprint density at radius 1 is 1.17 bits per heavy atom. The topological polar surface area (TPSA) is 74.7 Å². The first kappa shape index (κ1) is 19.9. The van der Waals surface area contributed by atoms with Crippen molar-refractivity contribution >= 4 is 5.91 Å². The molecule has 6 nitrogen and oxygen atoms in total. The van der Waals surface area contributed by atoms with Gasteiger partial charge in [0.2, 0.25) is 5.91 Å². The minimum Gasteiger partial charge on any atom is -0.504 e. The molecule has 0 aliphatic carbocycles. The molecule has 2 heterocycles. The van der Waals surface area contributed by atoms with Gasteiger partial charge in [-0.2, -0.15) is 0 Å². The molecular weight excluding hydrogens is 378 g/mol. The Morgan fingerprint density at radius 2 is 1.97 bits per heavy atom. The van der Waals surface area contributed by atoms with Crippen LogP contribution < -0.4 is 10.1 Å². The average molecular weight is 403 g/mol. The third-order valence-electron chi connectivity index (χ3n) is 5.45. The summed E-state index contributed by atoms with van der Waals surface area (Å²) in [5, 5.41) is 12.9. The average Bonchev–Trinajstić information content (AvgIpc) is 2.79. The second-order valence-electron chi connectivity index (χ2n) is 7.44. The number of pyridine rings is 1. The molecule has 1 unspecified atom stereocenters. The predicted molar refractivity (Wildman–Crippen MR) is 114 cm³/mol. The van der Waals surface area contributed by atoms with Gasteiger partial charge in [-0.3, -0.25) is 14.7 Å². The summed E-state index contributed by atoms with van der Waals surface area (Å²) in [6, 6.07) is 18.9. The van der Waals surface area contributed by atoms with Gasteiger partial charge >= 0.3 is 0 Å². The molecule has 2 N–H and O–H groups in total. The van der Waals surface area contributed by atoms with E-state index in [0.717, 1.165) is 11.3 Å². The number of aromatic hydroxyl groups is 1. The number of nitrogens with one attached hydrogen (secondary N) is 1. The van der Waals surface area contributed by atoms with Gasteiger partial charge in [0.05, 0.1) is 25.4 Å². The first-order valence-corrected chi connectivity index (χ1v) is 9.98. The lowest BCUT2D eigenvalue weighted by Crippen LogP contribution is -2.49. The zero-order valence-electron chi connectivity index (χ0n) is 16.9. The normalized spacial score (nSPS) is 16.0. The number of carbonyl (C=O) groups excluding carboxylic acids is 1. The monoisotopic (exact) mass is 403 g/mol. The van der Waals surface area contributed by atoms with Crippen LogP contribution in [0.15, 0.2) is 66.9 Å². The fourth-order valence-corrected chi connectivity index (χ4v) is 3.85. The summed E-state index contributed by atoms with van der Waals surface area (Å²) in [6.45, 7) is 1.66. The van der Waals surface area contributed by atoms with Crippen LogP contribution in [-0.4, -0.2) is 34.0 Å². The molecule has 154 valence electrons. The molecule has 4 rings (SSSR count). The number of aromatic nitrogens is 1. The minimum atomic E-state index is -0.289. The number of hydrogen-bond acceptors (Lipinski definition) is 5. The van der Waals surface area contributed by atoms with E-state index in [-0.39, 0.29) is 17.7 Å². The first-order chi connectivity index (χ1) is 14.6. The highest BCUT2D eigenvalue weighted by Gasteiger charge is 2.31. The molecule has 6 heteroatoms. The zero-order chi connectivity index (χ0) is 20.9. The summed E-state index contributed by atoms with van der Waals surface area (Å²) in [4.78, 5) is 19.6. The Balaban J connectivity index is 1.54. The van der Waals surface area contributed by atoms with E-state index in [2.05, 4.69) is 27.3 Å². The summed E-state index contributed by atoms with van der Waals surface area (Å²) in [5.74, 6) is 0.525. The van der Waals surface area contributed by atoms with Crippen molar-refractivity contribution in [2.24, 2.45) is 0 Å². The van der Waals surface area contributed by atoms with Crippen LogP contribution in [0.25, 0.3) is 0 Å². The van der Waals surface area contributed by atoms with Crippen LogP contribution in [0.5, 0.6) is 11.5 Å². The molecule has 0 fully saturated rings. The van der Waals surface area contributed by atoms with Crippen LogP contribution in [0, 0.1) is 0 Å². The highest BCUT2D eigenvalue weighted by molar-refractivity contribution is 5.82. The van der Waals surface area contributed by atoms with Crippen LogP contribution in [0.4, 0.5) is 0 Å². The van der Waals surface area contributed by atoms with Crippen LogP contribution in [-0.2, 0) is 30.8 Å². The number of benzene rings is 2. The third kappa shape index (κ3) is 4.44. The molecule has 0 bridgehead atoms. The standard InChI is InChI=1S/C24H25N3O3/c1-30-23-12-17(9-10-22(23)28)15-27-16-19-7-3-2-6-18(19)13-21(27)24(29)26-14-20-8-4-5-11-25-20/h2-12,21,28H,13-16H2,1H3,(H,26,29). The maximum absolute atomic E-state index is 13.1. The van der Waals surface area contributed by atoms with E-state index in [0.29, 0.717) is 31.8 Å². The van der Waals surface area contributed by atoms with Gasteiger partial charge in [0.1, 0.15) is 0 Å². The highest BCUT2D eigenvalue weighted by Crippen LogP contribution is 2.29. The summed E-state index contributed by atoms with van der Waals surface area (Å²) in [6.07, 6.45) is 2.38. The second kappa shape index (κ2) is 8.97. The molecule has 1 aromatic heterocycles. The summed E-state index contributed by atoms with van der Waals surface area (Å²) >= 11 is 0. The number of rotatable bonds is 6. The number of hydrogen-bond donors (Lipinski definition) is 2. The lowest BCUT2D eigenvalue weighted by atomic mass is 9.93. The van der Waals surface area contributed by atoms with Crippen molar-refractivity contribution in [2.75, 3.05) is 7.11 Å². The SMILES string of the molecule is COc1cc(CN2Cc3ccccc3CC2C(=O)NCc2ccccn2)ccc1O. The molecule has 2 aromatic carbocycles. The molecule has 1 aliphatic heterocycles. The van der Waals surface area contributed by atoms with Crippen molar-refractivity contribution in [3.63, 3.8) is 0 Å². The highest BCUT2D eigenvalue weighted by atomic mass is 16.5. The minimum absolute atomic E-state index is 0.0131. The van der Waals surface area contributed by atoms with E-state index in [9.17, 15) is 9.90 Å². The maximum Gasteiger partial charge on any atom is 0.238 e. The molecule has 0 saturated heterocycles. The van der Waals surface area contributed by atoms with Gasteiger partial charge in [-0.1, -0.05) is 36.4 Å². The first-order valence-electron chi connectivity index (χ1n) is 9.98. The Labute approximate surface area is 176 Å². The molecule has 0 saturated carbocycles. The summed E-state index contributed by atoms with van der Waals surface area (Å²) in [5.41, 5.74) is 4.25. The Morgan fingerprint density at radius 3 is 2.73 bits per heavy atom. The van der Waals surface area contributed by atoms with E-state index in [1.165, 1.54) is 18.2 Å². The fraction of sp³-hybridized carbons (Fsp3) is 0.250. The number of carbonyl (C=O) groups is 1. The maximum atomic E-state index is 13.1. The fourth-order valence-electron chi connectivity index (χ4n) is 3.85. The molecule has 1 atom stereocenters. The molecular formula is C24H25N3O3. The second-order valence-corrected chi connectivity index (χ2v) is 7.44. The van der Waals surface area contributed by atoms with Crippen molar-refractivity contribution < 1.29 is 14.6 Å². The van der Waals surface area contributed by atoms with Crippen molar-refractivity contribution in [1.82, 2.24) is 15.2 Å². The van der Waals surface area contributed by atoms with Gasteiger partial charge in [0.15, 0.2) is 11.5 Å². The Kier molecular flexibility index (Phi) is 5.95. The van der Waals surface area contributed by atoms with Crippen LogP contribution in [0.2, 0.25) is 0 Å². The molecule has 0 radical (unpaired) electrons. The summed E-state index contributed by atoms with van der Waals surface area (Å²) < 4.78 is 5.24. The third-order valence-corrected chi connectivity index (χ3v) is 5.45. The van der Waals surface area contributed by atoms with Gasteiger partial charge < -0.3 is 15.2 Å². The smallest absolute Gasteiger partial charge is 0.238 e. The van der Waals surface area contributed by atoms with Crippen molar-refractivity contribution in [2.45, 2.75) is 32.1 Å². The van der Waals surface area contributed by atoms with Crippen molar-refractivity contribution in [3.05, 3.63) is 89.2 Å². The van der Waals surface area contributed by atoms with Crippen molar-refractivity contribution in [1.29, 1.82) is 0 Å². The lowest BCUT2D eigenvalue weighted by Gasteiger charge is -2.36. The van der Waals surface area contributed by atoms with E-state index in [1.54, 1.807) is 12.3 Å². The van der Waals surface area contributed by atoms with Crippen LogP contribution in [0.1, 0.15) is 22.4 Å². The predicted octanol–water partition coefficient (Wildman–Crippen LogP) is 3.04. The van der Waals surface area contributed by atoms with E-state index < -0.39 is 0 Å². The van der Waals surface area contributed by atoms with E-state index >= 15 is 0 Å². The number of ether oxygens (including phenoxy) is 1. The van der Waals surface area contributed by atoms with Gasteiger partial charge in [0, 0.05) is 19.3 Å². The lowest BCUT2D eigenvalue weighted by molar-refractivity contribution is -0.127. The van der Waals surface area contributed by atoms with Crippen LogP contribution >= 0.6 is 0 Å². The van der Waals surface area contributed by atoms with Gasteiger partial charge in [0.25, 0.3) is 0 Å². The largest absolute Gasteiger partial charge is 0.504 e. The van der Waals surface area contributed by atoms with E-state index in [4.69, 9.17) is 4.74 Å². The summed E-state index contributed by atoms with van der Waals surface area (Å²) in [7, 11) is 1.53. The van der Waals surface area contributed by atoms with Crippen molar-refractivity contribution in [3.8, 4) is 11.5 Å². The molecule has 1 amide bonds. The van der Waals surface area contributed by atoms with Gasteiger partial charge in [-0.25, -0.2) is 0 Å².